The number of benzene rings is 2. The first-order valence-electron chi connectivity index (χ1n) is 7.33. The molecule has 1 heterocycles. The molecular formula is C17H19N3O2. The lowest BCUT2D eigenvalue weighted by Gasteiger charge is -2.14. The van der Waals surface area contributed by atoms with Crippen LogP contribution in [0.2, 0.25) is 0 Å². The molecule has 3 aromatic rings. The highest BCUT2D eigenvalue weighted by atomic mass is 16.5. The highest BCUT2D eigenvalue weighted by molar-refractivity contribution is 6.08. The van der Waals surface area contributed by atoms with E-state index in [1.54, 1.807) is 0 Å². The van der Waals surface area contributed by atoms with Gasteiger partial charge in [0, 0.05) is 35.4 Å². The zero-order chi connectivity index (χ0) is 15.7. The van der Waals surface area contributed by atoms with Gasteiger partial charge >= 0.3 is 6.03 Å². The molecule has 3 rings (SSSR count). The SMILES string of the molecule is CCn1c2ccccc2c2cc(CN(O)C(=O)NC)ccc21. The third-order valence-electron chi connectivity index (χ3n) is 3.93. The normalized spacial score (nSPS) is 11.0. The number of nitrogens with one attached hydrogen (secondary N) is 1. The van der Waals surface area contributed by atoms with Crippen molar-refractivity contribution in [2.24, 2.45) is 0 Å². The summed E-state index contributed by atoms with van der Waals surface area (Å²) in [5, 5.41) is 15.1. The molecule has 0 spiro atoms. The van der Waals surface area contributed by atoms with Crippen LogP contribution in [0.15, 0.2) is 42.5 Å². The number of para-hydroxylation sites is 1. The number of amides is 2. The molecule has 2 aromatic carbocycles. The molecule has 0 aliphatic carbocycles. The van der Waals surface area contributed by atoms with E-state index >= 15 is 0 Å². The van der Waals surface area contributed by atoms with Crippen LogP contribution in [0.5, 0.6) is 0 Å². The molecular weight excluding hydrogens is 278 g/mol. The van der Waals surface area contributed by atoms with E-state index in [1.165, 1.54) is 18.0 Å². The molecule has 0 aliphatic rings. The number of carbonyl (C=O) groups excluding carboxylic acids is 1. The monoisotopic (exact) mass is 297 g/mol. The number of aryl methyl sites for hydroxylation is 1. The predicted molar refractivity (Wildman–Crippen MR) is 86.9 cm³/mol. The van der Waals surface area contributed by atoms with Gasteiger partial charge in [-0.25, -0.2) is 9.86 Å². The van der Waals surface area contributed by atoms with Crippen molar-refractivity contribution in [3.63, 3.8) is 0 Å². The average molecular weight is 297 g/mol. The van der Waals surface area contributed by atoms with Gasteiger partial charge in [0.25, 0.3) is 0 Å². The lowest BCUT2D eigenvalue weighted by Crippen LogP contribution is -2.34. The first kappa shape index (κ1) is 14.4. The summed E-state index contributed by atoms with van der Waals surface area (Å²) in [5.41, 5.74) is 3.25. The fourth-order valence-electron chi connectivity index (χ4n) is 2.91. The van der Waals surface area contributed by atoms with E-state index in [-0.39, 0.29) is 6.54 Å². The van der Waals surface area contributed by atoms with Gasteiger partial charge in [-0.15, -0.1) is 0 Å². The molecule has 0 bridgehead atoms. The minimum atomic E-state index is -0.518. The molecule has 5 heteroatoms. The minimum Gasteiger partial charge on any atom is -0.341 e. The predicted octanol–water partition coefficient (Wildman–Crippen LogP) is 3.35. The Morgan fingerprint density at radius 2 is 1.91 bits per heavy atom. The summed E-state index contributed by atoms with van der Waals surface area (Å²) in [7, 11) is 1.49. The summed E-state index contributed by atoms with van der Waals surface area (Å²) in [4.78, 5) is 11.4. The van der Waals surface area contributed by atoms with Crippen molar-refractivity contribution in [3.8, 4) is 0 Å². The topological polar surface area (TPSA) is 57.5 Å². The molecule has 0 atom stereocenters. The number of rotatable bonds is 3. The second kappa shape index (κ2) is 5.69. The summed E-state index contributed by atoms with van der Waals surface area (Å²) in [5.74, 6) is 0. The van der Waals surface area contributed by atoms with E-state index < -0.39 is 6.03 Å². The molecule has 0 aliphatic heterocycles. The van der Waals surface area contributed by atoms with E-state index in [9.17, 15) is 10.0 Å². The molecule has 0 radical (unpaired) electrons. The van der Waals surface area contributed by atoms with Gasteiger partial charge in [0.2, 0.25) is 0 Å². The number of nitrogens with zero attached hydrogens (tertiary/aromatic N) is 2. The second-order valence-electron chi connectivity index (χ2n) is 5.23. The Morgan fingerprint density at radius 3 is 2.64 bits per heavy atom. The number of carbonyl (C=O) groups is 1. The summed E-state index contributed by atoms with van der Waals surface area (Å²) in [6.45, 7) is 3.18. The maximum absolute atomic E-state index is 11.4. The van der Waals surface area contributed by atoms with Gasteiger partial charge < -0.3 is 9.88 Å². The van der Waals surface area contributed by atoms with Crippen LogP contribution in [0.4, 0.5) is 4.79 Å². The van der Waals surface area contributed by atoms with E-state index in [4.69, 9.17) is 0 Å². The summed E-state index contributed by atoms with van der Waals surface area (Å²) < 4.78 is 2.27. The average Bonchev–Trinajstić information content (AvgIpc) is 2.87. The third-order valence-corrected chi connectivity index (χ3v) is 3.93. The summed E-state index contributed by atoms with van der Waals surface area (Å²) >= 11 is 0. The summed E-state index contributed by atoms with van der Waals surface area (Å²) in [6.07, 6.45) is 0. The maximum atomic E-state index is 11.4. The fourth-order valence-corrected chi connectivity index (χ4v) is 2.91. The Hall–Kier alpha value is -2.53. The van der Waals surface area contributed by atoms with Crippen molar-refractivity contribution < 1.29 is 10.0 Å². The molecule has 114 valence electrons. The Balaban J connectivity index is 2.10. The lowest BCUT2D eigenvalue weighted by molar-refractivity contribution is -0.0500. The first-order valence-corrected chi connectivity index (χ1v) is 7.33. The molecule has 22 heavy (non-hydrogen) atoms. The van der Waals surface area contributed by atoms with Crippen molar-refractivity contribution in [2.75, 3.05) is 7.05 Å². The van der Waals surface area contributed by atoms with Crippen LogP contribution in [-0.2, 0) is 13.1 Å². The molecule has 0 unspecified atom stereocenters. The number of urea groups is 1. The van der Waals surface area contributed by atoms with Gasteiger partial charge in [-0.3, -0.25) is 5.21 Å². The molecule has 5 nitrogen and oxygen atoms in total. The van der Waals surface area contributed by atoms with Crippen molar-refractivity contribution in [1.82, 2.24) is 14.9 Å². The number of hydroxylamine groups is 2. The van der Waals surface area contributed by atoms with Crippen LogP contribution < -0.4 is 5.32 Å². The van der Waals surface area contributed by atoms with E-state index in [1.807, 2.05) is 30.3 Å². The number of hydrogen-bond acceptors (Lipinski definition) is 2. The van der Waals surface area contributed by atoms with Crippen LogP contribution in [0.25, 0.3) is 21.8 Å². The fraction of sp³-hybridized carbons (Fsp3) is 0.235. The molecule has 2 N–H and O–H groups in total. The standard InChI is InChI=1S/C17H19N3O2/c1-3-19-15-7-5-4-6-13(15)14-10-12(8-9-16(14)19)11-20(22)17(21)18-2/h4-10,22H,3,11H2,1-2H3,(H,18,21). The van der Waals surface area contributed by atoms with E-state index in [0.29, 0.717) is 5.06 Å². The van der Waals surface area contributed by atoms with Crippen LogP contribution in [0.3, 0.4) is 0 Å². The van der Waals surface area contributed by atoms with Gasteiger partial charge in [-0.2, -0.15) is 0 Å². The number of aromatic nitrogens is 1. The van der Waals surface area contributed by atoms with Crippen molar-refractivity contribution in [1.29, 1.82) is 0 Å². The smallest absolute Gasteiger partial charge is 0.341 e. The highest BCUT2D eigenvalue weighted by Crippen LogP contribution is 2.29. The van der Waals surface area contributed by atoms with Crippen molar-refractivity contribution in [3.05, 3.63) is 48.0 Å². The van der Waals surface area contributed by atoms with Gasteiger partial charge in [-0.1, -0.05) is 24.3 Å². The third kappa shape index (κ3) is 2.29. The Kier molecular flexibility index (Phi) is 3.73. The zero-order valence-electron chi connectivity index (χ0n) is 12.7. The second-order valence-corrected chi connectivity index (χ2v) is 5.23. The molecule has 1 aromatic heterocycles. The quantitative estimate of drug-likeness (QED) is 0.575. The van der Waals surface area contributed by atoms with Crippen molar-refractivity contribution in [2.45, 2.75) is 20.0 Å². The van der Waals surface area contributed by atoms with Crippen LogP contribution >= 0.6 is 0 Å². The van der Waals surface area contributed by atoms with Gasteiger partial charge in [-0.05, 0) is 30.7 Å². The molecule has 0 saturated heterocycles. The van der Waals surface area contributed by atoms with E-state index in [0.717, 1.165) is 23.0 Å². The maximum Gasteiger partial charge on any atom is 0.341 e. The van der Waals surface area contributed by atoms with Gasteiger partial charge in [0.15, 0.2) is 0 Å². The zero-order valence-corrected chi connectivity index (χ0v) is 12.7. The minimum absolute atomic E-state index is 0.154. The number of hydrogen-bond donors (Lipinski definition) is 2. The molecule has 0 fully saturated rings. The first-order chi connectivity index (χ1) is 10.7. The summed E-state index contributed by atoms with van der Waals surface area (Å²) in [6, 6.07) is 13.8. The van der Waals surface area contributed by atoms with Gasteiger partial charge in [0.05, 0.1) is 6.54 Å². The largest absolute Gasteiger partial charge is 0.341 e. The van der Waals surface area contributed by atoms with E-state index in [2.05, 4.69) is 28.9 Å². The molecule has 2 amide bonds. The van der Waals surface area contributed by atoms with Crippen LogP contribution in [0, 0.1) is 0 Å². The Labute approximate surface area is 128 Å². The lowest BCUT2D eigenvalue weighted by atomic mass is 10.1. The van der Waals surface area contributed by atoms with Gasteiger partial charge in [0.1, 0.15) is 0 Å². The van der Waals surface area contributed by atoms with Crippen molar-refractivity contribution >= 4 is 27.8 Å². The van der Waals surface area contributed by atoms with Crippen LogP contribution in [0.1, 0.15) is 12.5 Å². The number of fused-ring (bicyclic) bond motifs is 3. The Bertz CT molecular complexity index is 838. The molecule has 0 saturated carbocycles. The van der Waals surface area contributed by atoms with Crippen LogP contribution in [-0.4, -0.2) is 27.9 Å². The Morgan fingerprint density at radius 1 is 1.18 bits per heavy atom. The highest BCUT2D eigenvalue weighted by Gasteiger charge is 2.12.